The molecule has 0 spiro atoms. The monoisotopic (exact) mass is 707 g/mol. The van der Waals surface area contributed by atoms with Gasteiger partial charge in [-0.2, -0.15) is 4.98 Å². The molecular formula is C21H24FN9O10P2S2. The van der Waals surface area contributed by atoms with Crippen molar-refractivity contribution in [2.45, 2.75) is 49.1 Å². The van der Waals surface area contributed by atoms with Crippen LogP contribution in [0.5, 0.6) is 0 Å². The van der Waals surface area contributed by atoms with E-state index in [1.807, 2.05) is 0 Å². The van der Waals surface area contributed by atoms with E-state index in [2.05, 4.69) is 24.9 Å². The molecule has 7 heterocycles. The number of fused-ring (bicyclic) bond motifs is 5. The van der Waals surface area contributed by atoms with Crippen molar-refractivity contribution in [3.63, 3.8) is 0 Å². The maximum absolute atomic E-state index is 16.0. The maximum Gasteiger partial charge on any atom is 0.325 e. The number of nitrogens with one attached hydrogen (secondary N) is 1. The van der Waals surface area contributed by atoms with Crippen LogP contribution in [0.1, 0.15) is 12.5 Å². The topological polar surface area (TPSA) is 262 Å². The minimum Gasteiger partial charge on any atom is -0.397 e. The van der Waals surface area contributed by atoms with E-state index in [0.717, 1.165) is 0 Å². The number of hydrogen-bond donors (Lipinski definition) is 6. The van der Waals surface area contributed by atoms with Gasteiger partial charge < -0.3 is 44.9 Å². The predicted octanol–water partition coefficient (Wildman–Crippen LogP) is -0.527. The Bertz CT molecular complexity index is 1950. The lowest BCUT2D eigenvalue weighted by atomic mass is 10.1. The molecule has 7 rings (SSSR count). The van der Waals surface area contributed by atoms with Gasteiger partial charge in [-0.3, -0.25) is 28.0 Å². The SMILES string of the molecule is Nc1nc2c(ncn2[C@@H]2O[C@@H]3COP(O)(=S)O[C@H]4[C@H](F)[C@H](n5cnc6c(N)ccnc65)O[C@@H]4COP(O)(=S)O[C@@H]2[C@@H]3O)c(=O)[nH]1. The summed E-state index contributed by atoms with van der Waals surface area (Å²) in [5.74, 6) is -0.223. The van der Waals surface area contributed by atoms with Crippen LogP contribution in [0.15, 0.2) is 29.7 Å². The molecule has 3 aliphatic heterocycles. The zero-order chi connectivity index (χ0) is 31.8. The molecule has 4 aromatic heterocycles. The number of halogens is 1. The minimum absolute atomic E-state index is 0.0296. The van der Waals surface area contributed by atoms with Crippen molar-refractivity contribution in [2.75, 3.05) is 24.7 Å². The van der Waals surface area contributed by atoms with Crippen LogP contribution in [0.3, 0.4) is 0 Å². The lowest BCUT2D eigenvalue weighted by Gasteiger charge is -2.27. The minimum atomic E-state index is -4.26. The van der Waals surface area contributed by atoms with Crippen LogP contribution in [0.25, 0.3) is 22.3 Å². The van der Waals surface area contributed by atoms with Gasteiger partial charge in [-0.1, -0.05) is 0 Å². The van der Waals surface area contributed by atoms with Gasteiger partial charge in [0.2, 0.25) is 5.95 Å². The van der Waals surface area contributed by atoms with E-state index in [1.165, 1.54) is 34.1 Å². The number of pyridine rings is 1. The number of alkyl halides is 1. The zero-order valence-corrected chi connectivity index (χ0v) is 25.9. The van der Waals surface area contributed by atoms with Gasteiger partial charge in [0.15, 0.2) is 35.4 Å². The molecule has 2 bridgehead atoms. The molecule has 4 aromatic rings. The van der Waals surface area contributed by atoms with Crippen LogP contribution in [0.4, 0.5) is 16.0 Å². The van der Waals surface area contributed by atoms with E-state index in [1.54, 1.807) is 0 Å². The lowest BCUT2D eigenvalue weighted by Crippen LogP contribution is -2.35. The van der Waals surface area contributed by atoms with E-state index in [9.17, 15) is 19.7 Å². The third kappa shape index (κ3) is 5.58. The Morgan fingerprint density at radius 1 is 0.933 bits per heavy atom. The fraction of sp³-hybridized carbons (Fsp3) is 0.476. The van der Waals surface area contributed by atoms with Crippen molar-refractivity contribution in [3.05, 3.63) is 35.3 Å². The van der Waals surface area contributed by atoms with E-state index in [4.69, 9.17) is 62.6 Å². The molecular weight excluding hydrogens is 683 g/mol. The van der Waals surface area contributed by atoms with Gasteiger partial charge in [0.1, 0.15) is 36.0 Å². The Hall–Kier alpha value is -2.56. The molecule has 2 unspecified atom stereocenters. The van der Waals surface area contributed by atoms with Gasteiger partial charge in [-0.25, -0.2) is 19.3 Å². The Morgan fingerprint density at radius 2 is 1.56 bits per heavy atom. The summed E-state index contributed by atoms with van der Waals surface area (Å²) in [4.78, 5) is 53.2. The van der Waals surface area contributed by atoms with Crippen molar-refractivity contribution in [3.8, 4) is 0 Å². The number of H-pyrrole nitrogens is 1. The number of aromatic nitrogens is 7. The Labute approximate surface area is 260 Å². The van der Waals surface area contributed by atoms with Crippen molar-refractivity contribution in [2.24, 2.45) is 0 Å². The molecule has 0 amide bonds. The number of aliphatic hydroxyl groups excluding tert-OH is 1. The smallest absolute Gasteiger partial charge is 0.325 e. The number of aliphatic hydroxyl groups is 1. The number of ether oxygens (including phenoxy) is 2. The molecule has 19 nitrogen and oxygen atoms in total. The highest BCUT2D eigenvalue weighted by atomic mass is 32.5. The van der Waals surface area contributed by atoms with Gasteiger partial charge in [0.25, 0.3) is 5.56 Å². The number of hydrogen-bond acceptors (Lipinski definition) is 16. The molecule has 3 saturated heterocycles. The fourth-order valence-corrected chi connectivity index (χ4v) is 8.19. The summed E-state index contributed by atoms with van der Waals surface area (Å²) in [7, 11) is 0. The molecule has 0 aliphatic carbocycles. The van der Waals surface area contributed by atoms with Crippen molar-refractivity contribution in [1.29, 1.82) is 0 Å². The first-order valence-electron chi connectivity index (χ1n) is 13.1. The summed E-state index contributed by atoms with van der Waals surface area (Å²) < 4.78 is 52.7. The van der Waals surface area contributed by atoms with Gasteiger partial charge in [-0.15, -0.1) is 0 Å². The second-order valence-electron chi connectivity index (χ2n) is 10.2. The predicted molar refractivity (Wildman–Crippen MR) is 158 cm³/mol. The van der Waals surface area contributed by atoms with E-state index in [-0.39, 0.29) is 22.8 Å². The van der Waals surface area contributed by atoms with Crippen molar-refractivity contribution >= 4 is 71.0 Å². The summed E-state index contributed by atoms with van der Waals surface area (Å²) >= 11 is 10.4. The molecule has 0 radical (unpaired) electrons. The highest BCUT2D eigenvalue weighted by Gasteiger charge is 2.53. The molecule has 45 heavy (non-hydrogen) atoms. The average Bonchev–Trinajstić information content (AvgIpc) is 3.72. The third-order valence-electron chi connectivity index (χ3n) is 7.38. The van der Waals surface area contributed by atoms with E-state index < -0.39 is 81.4 Å². The first kappa shape index (κ1) is 31.1. The van der Waals surface area contributed by atoms with Gasteiger partial charge in [-0.05, 0) is 29.7 Å². The van der Waals surface area contributed by atoms with E-state index >= 15 is 4.39 Å². The fourth-order valence-electron chi connectivity index (χ4n) is 5.34. The normalized spacial score (nSPS) is 37.7. The number of anilines is 2. The standard InChI is InChI=1S/C21H24FN9O10P2S2/c22-10-14-9(39-19(10)30-5-26-11-7(23)1-2-25-16(11)30)4-37-43(35,45)41-15-13(32)8(3-36-42(34,44)40-14)38-20(15)31-6-27-12-17(31)28-21(24)29-18(12)33/h1-2,5-6,8-10,13-15,19-20,32H,3-4H2,(H2,23,25)(H,34,44)(H,35,45)(H3,24,28,29,33)/t8-,9-,10+,13-,14-,15-,19-,20-,42?,43?/m1/s1. The lowest BCUT2D eigenvalue weighted by molar-refractivity contribution is -0.0602. The highest BCUT2D eigenvalue weighted by molar-refractivity contribution is 8.07. The molecule has 3 aliphatic rings. The molecule has 8 N–H and O–H groups in total. The number of rotatable bonds is 2. The largest absolute Gasteiger partial charge is 0.397 e. The number of nitrogen functional groups attached to an aromatic ring is 2. The number of aromatic amines is 1. The molecule has 10 atom stereocenters. The summed E-state index contributed by atoms with van der Waals surface area (Å²) in [6, 6.07) is 1.53. The van der Waals surface area contributed by atoms with Gasteiger partial charge in [0.05, 0.1) is 31.6 Å². The second kappa shape index (κ2) is 11.3. The summed E-state index contributed by atoms with van der Waals surface area (Å²) in [5.41, 5.74) is 11.7. The van der Waals surface area contributed by atoms with Crippen LogP contribution in [0.2, 0.25) is 0 Å². The first-order valence-corrected chi connectivity index (χ1v) is 18.2. The summed E-state index contributed by atoms with van der Waals surface area (Å²) in [5, 5.41) is 11.1. The molecule has 3 fully saturated rings. The van der Waals surface area contributed by atoms with Gasteiger partial charge in [0, 0.05) is 6.20 Å². The van der Waals surface area contributed by atoms with Gasteiger partial charge >= 0.3 is 13.4 Å². The molecule has 24 heteroatoms. The van der Waals surface area contributed by atoms with Crippen LogP contribution >= 0.6 is 13.4 Å². The number of imidazole rings is 2. The van der Waals surface area contributed by atoms with Crippen molar-refractivity contribution in [1.82, 2.24) is 34.1 Å². The molecule has 0 aromatic carbocycles. The first-order chi connectivity index (χ1) is 21.3. The highest BCUT2D eigenvalue weighted by Crippen LogP contribution is 2.54. The Kier molecular flexibility index (Phi) is 7.80. The summed E-state index contributed by atoms with van der Waals surface area (Å²) in [6.07, 6.45) is -8.00. The zero-order valence-electron chi connectivity index (χ0n) is 22.5. The second-order valence-corrected chi connectivity index (χ2v) is 15.8. The number of nitrogens with zero attached hydrogens (tertiary/aromatic N) is 6. The quantitative estimate of drug-likeness (QED) is 0.143. The Balaban J connectivity index is 1.21. The average molecular weight is 708 g/mol. The number of nitrogens with two attached hydrogens (primary N) is 2. The molecule has 0 saturated carbocycles. The van der Waals surface area contributed by atoms with Crippen LogP contribution < -0.4 is 17.0 Å². The summed E-state index contributed by atoms with van der Waals surface area (Å²) in [6.45, 7) is -9.69. The molecule has 242 valence electrons. The van der Waals surface area contributed by atoms with Crippen molar-refractivity contribution < 1.29 is 46.9 Å². The van der Waals surface area contributed by atoms with Crippen LogP contribution in [-0.2, 0) is 51.2 Å². The van der Waals surface area contributed by atoms with E-state index in [0.29, 0.717) is 11.2 Å². The van der Waals surface area contributed by atoms with Crippen LogP contribution in [0, 0.1) is 0 Å². The third-order valence-corrected chi connectivity index (χ3v) is 10.5. The maximum atomic E-state index is 16.0. The Morgan fingerprint density at radius 3 is 2.29 bits per heavy atom. The van der Waals surface area contributed by atoms with Crippen LogP contribution in [-0.4, -0.2) is 98.9 Å².